The summed E-state index contributed by atoms with van der Waals surface area (Å²) in [6, 6.07) is 11.8. The van der Waals surface area contributed by atoms with Crippen molar-refractivity contribution in [1.29, 1.82) is 5.26 Å². The minimum atomic E-state index is 0.0114. The fraction of sp³-hybridized carbons (Fsp3) is 0.316. The molecular weight excluding hydrogens is 292 g/mol. The SMILES string of the molecule is Cc1cc(C=C(C#N)c2ccccc2Cl)c(C)n1C(C)(C)C. The van der Waals surface area contributed by atoms with Crippen LogP contribution in [0.3, 0.4) is 0 Å². The number of hydrogen-bond acceptors (Lipinski definition) is 1. The Bertz CT molecular complexity index is 768. The van der Waals surface area contributed by atoms with Crippen LogP contribution < -0.4 is 0 Å². The average molecular weight is 313 g/mol. The molecule has 0 unspecified atom stereocenters. The van der Waals surface area contributed by atoms with Gasteiger partial charge in [-0.3, -0.25) is 0 Å². The molecule has 0 saturated heterocycles. The largest absolute Gasteiger partial charge is 0.343 e. The highest BCUT2D eigenvalue weighted by atomic mass is 35.5. The molecule has 0 atom stereocenters. The molecule has 0 spiro atoms. The normalized spacial score (nSPS) is 12.3. The number of nitriles is 1. The first-order valence-corrected chi connectivity index (χ1v) is 7.69. The summed E-state index contributed by atoms with van der Waals surface area (Å²) in [6.45, 7) is 10.7. The third-order valence-corrected chi connectivity index (χ3v) is 4.06. The number of hydrogen-bond donors (Lipinski definition) is 0. The molecule has 1 aromatic carbocycles. The van der Waals surface area contributed by atoms with E-state index >= 15 is 0 Å². The Morgan fingerprint density at radius 2 is 1.86 bits per heavy atom. The summed E-state index contributed by atoms with van der Waals surface area (Å²) < 4.78 is 2.29. The highest BCUT2D eigenvalue weighted by molar-refractivity contribution is 6.32. The summed E-state index contributed by atoms with van der Waals surface area (Å²) in [5, 5.41) is 10.1. The predicted octanol–water partition coefficient (Wildman–Crippen LogP) is 5.58. The maximum absolute atomic E-state index is 9.51. The third kappa shape index (κ3) is 3.10. The number of rotatable bonds is 2. The van der Waals surface area contributed by atoms with E-state index in [4.69, 9.17) is 11.6 Å². The Morgan fingerprint density at radius 3 is 2.36 bits per heavy atom. The van der Waals surface area contributed by atoms with E-state index in [9.17, 15) is 5.26 Å². The van der Waals surface area contributed by atoms with Gasteiger partial charge in [0.25, 0.3) is 0 Å². The van der Waals surface area contributed by atoms with Gasteiger partial charge in [-0.1, -0.05) is 29.8 Å². The van der Waals surface area contributed by atoms with Crippen molar-refractivity contribution in [2.45, 2.75) is 40.2 Å². The number of benzene rings is 1. The number of halogens is 1. The molecule has 0 N–H and O–H groups in total. The van der Waals surface area contributed by atoms with E-state index in [1.165, 1.54) is 5.69 Å². The van der Waals surface area contributed by atoms with Gasteiger partial charge in [-0.05, 0) is 58.4 Å². The van der Waals surface area contributed by atoms with E-state index in [1.54, 1.807) is 6.07 Å². The number of aromatic nitrogens is 1. The lowest BCUT2D eigenvalue weighted by atomic mass is 10.0. The number of allylic oxidation sites excluding steroid dienone is 1. The van der Waals surface area contributed by atoms with Gasteiger partial charge in [-0.25, -0.2) is 0 Å². The zero-order chi connectivity index (χ0) is 16.5. The number of aryl methyl sites for hydroxylation is 1. The Morgan fingerprint density at radius 1 is 1.23 bits per heavy atom. The Hall–Kier alpha value is -1.98. The Labute approximate surface area is 137 Å². The molecule has 1 aromatic heterocycles. The molecule has 2 rings (SSSR count). The predicted molar refractivity (Wildman–Crippen MR) is 93.8 cm³/mol. The minimum absolute atomic E-state index is 0.0114. The molecule has 1 heterocycles. The molecule has 0 amide bonds. The van der Waals surface area contributed by atoms with Crippen LogP contribution in [-0.4, -0.2) is 4.57 Å². The molecule has 3 heteroatoms. The van der Waals surface area contributed by atoms with Gasteiger partial charge >= 0.3 is 0 Å². The Kier molecular flexibility index (Phi) is 4.49. The number of nitrogens with zero attached hydrogens (tertiary/aromatic N) is 2. The maximum atomic E-state index is 9.51. The van der Waals surface area contributed by atoms with Gasteiger partial charge in [0.15, 0.2) is 0 Å². The van der Waals surface area contributed by atoms with Crippen LogP contribution in [0, 0.1) is 25.2 Å². The van der Waals surface area contributed by atoms with Crippen LogP contribution in [0.2, 0.25) is 5.02 Å². The summed E-state index contributed by atoms with van der Waals surface area (Å²) in [7, 11) is 0. The molecule has 114 valence electrons. The molecule has 0 aliphatic rings. The van der Waals surface area contributed by atoms with E-state index in [0.717, 1.165) is 16.8 Å². The fourth-order valence-electron chi connectivity index (χ4n) is 2.97. The molecule has 0 fully saturated rings. The standard InChI is InChI=1S/C19H21ClN2/c1-13-10-15(14(2)22(13)19(3,4)5)11-16(12-21)17-8-6-7-9-18(17)20/h6-11H,1-5H3. The van der Waals surface area contributed by atoms with Gasteiger partial charge in [0.1, 0.15) is 0 Å². The van der Waals surface area contributed by atoms with Crippen molar-refractivity contribution in [2.75, 3.05) is 0 Å². The molecule has 0 radical (unpaired) electrons. The second-order valence-electron chi connectivity index (χ2n) is 6.48. The monoisotopic (exact) mass is 312 g/mol. The lowest BCUT2D eigenvalue weighted by molar-refractivity contribution is 0.383. The third-order valence-electron chi connectivity index (χ3n) is 3.73. The van der Waals surface area contributed by atoms with Gasteiger partial charge in [0.05, 0.1) is 11.6 Å². The smallest absolute Gasteiger partial charge is 0.0998 e. The molecule has 0 bridgehead atoms. The average Bonchev–Trinajstić information content (AvgIpc) is 2.71. The summed E-state index contributed by atoms with van der Waals surface area (Å²) in [4.78, 5) is 0. The van der Waals surface area contributed by atoms with Crippen molar-refractivity contribution in [3.8, 4) is 6.07 Å². The highest BCUT2D eigenvalue weighted by Gasteiger charge is 2.19. The van der Waals surface area contributed by atoms with Crippen LogP contribution in [0.5, 0.6) is 0 Å². The van der Waals surface area contributed by atoms with Gasteiger partial charge in [0, 0.05) is 27.5 Å². The molecule has 0 saturated carbocycles. The van der Waals surface area contributed by atoms with Crippen molar-refractivity contribution in [1.82, 2.24) is 4.57 Å². The first-order valence-electron chi connectivity index (χ1n) is 7.32. The molecule has 2 nitrogen and oxygen atoms in total. The zero-order valence-electron chi connectivity index (χ0n) is 13.7. The van der Waals surface area contributed by atoms with Gasteiger partial charge in [-0.15, -0.1) is 0 Å². The van der Waals surface area contributed by atoms with Gasteiger partial charge < -0.3 is 4.57 Å². The van der Waals surface area contributed by atoms with Gasteiger partial charge in [-0.2, -0.15) is 5.26 Å². The topological polar surface area (TPSA) is 28.7 Å². The van der Waals surface area contributed by atoms with Crippen molar-refractivity contribution in [3.05, 3.63) is 57.9 Å². The fourth-order valence-corrected chi connectivity index (χ4v) is 3.21. The summed E-state index contributed by atoms with van der Waals surface area (Å²) in [5.41, 5.74) is 4.77. The van der Waals surface area contributed by atoms with Crippen LogP contribution in [0.15, 0.2) is 30.3 Å². The second kappa shape index (κ2) is 6.02. The van der Waals surface area contributed by atoms with E-state index in [0.29, 0.717) is 10.6 Å². The molecule has 0 aliphatic heterocycles. The Balaban J connectivity index is 2.58. The van der Waals surface area contributed by atoms with E-state index in [-0.39, 0.29) is 5.54 Å². The molecule has 0 aliphatic carbocycles. The van der Waals surface area contributed by atoms with E-state index in [1.807, 2.05) is 24.3 Å². The van der Waals surface area contributed by atoms with Crippen LogP contribution in [0.4, 0.5) is 0 Å². The van der Waals surface area contributed by atoms with Crippen molar-refractivity contribution >= 4 is 23.3 Å². The minimum Gasteiger partial charge on any atom is -0.343 e. The van der Waals surface area contributed by atoms with E-state index in [2.05, 4.69) is 51.3 Å². The van der Waals surface area contributed by atoms with Crippen LogP contribution in [0.1, 0.15) is 43.3 Å². The second-order valence-corrected chi connectivity index (χ2v) is 6.89. The van der Waals surface area contributed by atoms with Gasteiger partial charge in [0.2, 0.25) is 0 Å². The quantitative estimate of drug-likeness (QED) is 0.666. The van der Waals surface area contributed by atoms with Crippen molar-refractivity contribution in [3.63, 3.8) is 0 Å². The van der Waals surface area contributed by atoms with Crippen LogP contribution in [0.25, 0.3) is 11.6 Å². The molecular formula is C19H21ClN2. The van der Waals surface area contributed by atoms with E-state index < -0.39 is 0 Å². The lowest BCUT2D eigenvalue weighted by Gasteiger charge is -2.25. The highest BCUT2D eigenvalue weighted by Crippen LogP contribution is 2.29. The summed E-state index contributed by atoms with van der Waals surface area (Å²) in [6.07, 6.45) is 1.92. The summed E-state index contributed by atoms with van der Waals surface area (Å²) >= 11 is 6.22. The first kappa shape index (κ1) is 16.4. The van der Waals surface area contributed by atoms with Crippen molar-refractivity contribution < 1.29 is 0 Å². The zero-order valence-corrected chi connectivity index (χ0v) is 14.5. The molecule has 2 aromatic rings. The summed E-state index contributed by atoms with van der Waals surface area (Å²) in [5.74, 6) is 0. The lowest BCUT2D eigenvalue weighted by Crippen LogP contribution is -2.24. The maximum Gasteiger partial charge on any atom is 0.0998 e. The van der Waals surface area contributed by atoms with Crippen molar-refractivity contribution in [2.24, 2.45) is 0 Å². The van der Waals surface area contributed by atoms with Crippen LogP contribution >= 0.6 is 11.6 Å². The molecule has 22 heavy (non-hydrogen) atoms. The van der Waals surface area contributed by atoms with Crippen LogP contribution in [-0.2, 0) is 5.54 Å². The first-order chi connectivity index (χ1) is 10.3.